The average Bonchev–Trinajstić information content (AvgIpc) is 2.83. The molecule has 6 nitrogen and oxygen atoms in total. The van der Waals surface area contributed by atoms with E-state index in [2.05, 4.69) is 39.7 Å². The number of nitrogens with zero attached hydrogens (tertiary/aromatic N) is 4. The van der Waals surface area contributed by atoms with Crippen LogP contribution in [0, 0.1) is 0 Å². The van der Waals surface area contributed by atoms with Crippen molar-refractivity contribution < 1.29 is 0 Å². The van der Waals surface area contributed by atoms with E-state index < -0.39 is 0 Å². The highest BCUT2D eigenvalue weighted by molar-refractivity contribution is 14.0. The third kappa shape index (κ3) is 4.32. The largest absolute Gasteiger partial charge is 0.357 e. The van der Waals surface area contributed by atoms with E-state index in [0.29, 0.717) is 6.54 Å². The van der Waals surface area contributed by atoms with E-state index in [1.807, 2.05) is 28.8 Å². The Hall–Kier alpha value is -1.38. The molecule has 0 saturated heterocycles. The van der Waals surface area contributed by atoms with Gasteiger partial charge in [-0.1, -0.05) is 6.07 Å². The fourth-order valence-electron chi connectivity index (χ4n) is 1.84. The molecule has 0 aliphatic carbocycles. The summed E-state index contributed by atoms with van der Waals surface area (Å²) in [5.74, 6) is 1.78. The first-order valence-corrected chi connectivity index (χ1v) is 6.66. The number of pyridine rings is 1. The maximum Gasteiger partial charge on any atom is 0.191 e. The van der Waals surface area contributed by atoms with Crippen LogP contribution in [0.3, 0.4) is 0 Å². The lowest BCUT2D eigenvalue weighted by Crippen LogP contribution is -2.37. The van der Waals surface area contributed by atoms with E-state index in [-0.39, 0.29) is 24.0 Å². The second-order valence-corrected chi connectivity index (χ2v) is 4.09. The normalized spacial score (nSPS) is 9.90. The summed E-state index contributed by atoms with van der Waals surface area (Å²) in [5.41, 5.74) is 0.875. The molecular weight excluding hydrogens is 367 g/mol. The van der Waals surface area contributed by atoms with Gasteiger partial charge in [0.2, 0.25) is 0 Å². The Labute approximate surface area is 136 Å². The predicted molar refractivity (Wildman–Crippen MR) is 91.8 cm³/mol. The number of aliphatic imine (C=N–C) groups is 1. The standard InChI is InChI=1S/C13H20N6.HI/c1-3-14-13(15-4-2)16-9-8-12-18-17-11-7-5-6-10-19(11)12;/h5-7,10H,3-4,8-9H2,1-2H3,(H2,14,15,16);1H. The maximum atomic E-state index is 4.50. The van der Waals surface area contributed by atoms with E-state index in [1.54, 1.807) is 0 Å². The third-order valence-corrected chi connectivity index (χ3v) is 2.68. The van der Waals surface area contributed by atoms with Crippen LogP contribution in [0.15, 0.2) is 29.4 Å². The van der Waals surface area contributed by atoms with Crippen LogP contribution >= 0.6 is 24.0 Å². The van der Waals surface area contributed by atoms with Gasteiger partial charge in [-0.05, 0) is 26.0 Å². The van der Waals surface area contributed by atoms with Crippen molar-refractivity contribution in [1.82, 2.24) is 25.2 Å². The minimum atomic E-state index is 0. The number of nitrogens with one attached hydrogen (secondary N) is 2. The van der Waals surface area contributed by atoms with Crippen LogP contribution in [0.4, 0.5) is 0 Å². The number of aromatic nitrogens is 3. The molecule has 2 N–H and O–H groups in total. The van der Waals surface area contributed by atoms with Gasteiger partial charge >= 0.3 is 0 Å². The van der Waals surface area contributed by atoms with Gasteiger partial charge in [0.05, 0.1) is 0 Å². The Morgan fingerprint density at radius 2 is 1.95 bits per heavy atom. The Morgan fingerprint density at radius 1 is 1.20 bits per heavy atom. The molecular formula is C13H21IN6. The van der Waals surface area contributed by atoms with Gasteiger partial charge in [0.15, 0.2) is 11.6 Å². The predicted octanol–water partition coefficient (Wildman–Crippen LogP) is 1.46. The van der Waals surface area contributed by atoms with Crippen LogP contribution in [-0.4, -0.2) is 40.2 Å². The molecule has 0 saturated carbocycles. The van der Waals surface area contributed by atoms with E-state index in [9.17, 15) is 0 Å². The molecule has 0 amide bonds. The molecule has 0 aromatic carbocycles. The van der Waals surface area contributed by atoms with E-state index in [1.165, 1.54) is 0 Å². The van der Waals surface area contributed by atoms with Crippen LogP contribution in [0.1, 0.15) is 19.7 Å². The quantitative estimate of drug-likeness (QED) is 0.463. The summed E-state index contributed by atoms with van der Waals surface area (Å²) in [5, 5.41) is 14.7. The summed E-state index contributed by atoms with van der Waals surface area (Å²) >= 11 is 0. The van der Waals surface area contributed by atoms with Crippen LogP contribution in [0.2, 0.25) is 0 Å². The first-order valence-electron chi connectivity index (χ1n) is 6.66. The van der Waals surface area contributed by atoms with Crippen molar-refractivity contribution in [2.45, 2.75) is 20.3 Å². The third-order valence-electron chi connectivity index (χ3n) is 2.68. The van der Waals surface area contributed by atoms with E-state index in [0.717, 1.165) is 36.9 Å². The molecule has 0 radical (unpaired) electrons. The molecule has 0 spiro atoms. The van der Waals surface area contributed by atoms with Crippen molar-refractivity contribution in [1.29, 1.82) is 0 Å². The monoisotopic (exact) mass is 388 g/mol. The minimum Gasteiger partial charge on any atom is -0.357 e. The molecule has 20 heavy (non-hydrogen) atoms. The molecule has 2 aromatic rings. The molecule has 2 aromatic heterocycles. The first kappa shape index (κ1) is 16.7. The second kappa shape index (κ2) is 8.72. The van der Waals surface area contributed by atoms with Crippen LogP contribution in [0.25, 0.3) is 5.65 Å². The summed E-state index contributed by atoms with van der Waals surface area (Å²) in [6, 6.07) is 5.88. The maximum absolute atomic E-state index is 4.50. The first-order chi connectivity index (χ1) is 9.35. The zero-order valence-corrected chi connectivity index (χ0v) is 14.2. The van der Waals surface area contributed by atoms with Gasteiger partial charge < -0.3 is 10.6 Å². The number of hydrogen-bond donors (Lipinski definition) is 2. The smallest absolute Gasteiger partial charge is 0.191 e. The van der Waals surface area contributed by atoms with E-state index >= 15 is 0 Å². The number of guanidine groups is 1. The van der Waals surface area contributed by atoms with Gasteiger partial charge in [-0.3, -0.25) is 9.39 Å². The fraction of sp³-hybridized carbons (Fsp3) is 0.462. The summed E-state index contributed by atoms with van der Waals surface area (Å²) in [6.45, 7) is 6.52. The molecule has 0 unspecified atom stereocenters. The summed E-state index contributed by atoms with van der Waals surface area (Å²) < 4.78 is 2.00. The Kier molecular flexibility index (Phi) is 7.27. The number of hydrogen-bond acceptors (Lipinski definition) is 3. The van der Waals surface area contributed by atoms with Crippen LogP contribution < -0.4 is 10.6 Å². The highest BCUT2D eigenvalue weighted by atomic mass is 127. The Morgan fingerprint density at radius 3 is 2.65 bits per heavy atom. The average molecular weight is 388 g/mol. The van der Waals surface area contributed by atoms with E-state index in [4.69, 9.17) is 0 Å². The summed E-state index contributed by atoms with van der Waals surface area (Å²) in [4.78, 5) is 4.50. The Bertz CT molecular complexity index is 543. The summed E-state index contributed by atoms with van der Waals surface area (Å²) in [7, 11) is 0. The molecule has 0 fully saturated rings. The Balaban J connectivity index is 0.00000200. The zero-order chi connectivity index (χ0) is 13.5. The van der Waals surface area contributed by atoms with Crippen LogP contribution in [0.5, 0.6) is 0 Å². The molecule has 0 bridgehead atoms. The molecule has 2 heterocycles. The number of halogens is 1. The SMILES string of the molecule is CCNC(=NCCc1nnc2ccccn12)NCC.I. The number of rotatable bonds is 5. The molecule has 2 rings (SSSR count). The lowest BCUT2D eigenvalue weighted by atomic mass is 10.4. The second-order valence-electron chi connectivity index (χ2n) is 4.09. The van der Waals surface area contributed by atoms with Crippen molar-refractivity contribution >= 4 is 35.6 Å². The fourth-order valence-corrected chi connectivity index (χ4v) is 1.84. The van der Waals surface area contributed by atoms with Gasteiger partial charge in [0, 0.05) is 32.3 Å². The van der Waals surface area contributed by atoms with Crippen molar-refractivity contribution in [2.24, 2.45) is 4.99 Å². The van der Waals surface area contributed by atoms with Crippen molar-refractivity contribution in [3.8, 4) is 0 Å². The van der Waals surface area contributed by atoms with Gasteiger partial charge in [-0.25, -0.2) is 0 Å². The highest BCUT2D eigenvalue weighted by Gasteiger charge is 2.03. The molecule has 0 aliphatic heterocycles. The molecule has 7 heteroatoms. The topological polar surface area (TPSA) is 66.6 Å². The molecule has 0 atom stereocenters. The van der Waals surface area contributed by atoms with Crippen molar-refractivity contribution in [2.75, 3.05) is 19.6 Å². The van der Waals surface area contributed by atoms with Gasteiger partial charge in [-0.2, -0.15) is 0 Å². The van der Waals surface area contributed by atoms with Crippen molar-refractivity contribution in [3.05, 3.63) is 30.2 Å². The van der Waals surface area contributed by atoms with Gasteiger partial charge in [-0.15, -0.1) is 34.2 Å². The lowest BCUT2D eigenvalue weighted by Gasteiger charge is -2.08. The zero-order valence-electron chi connectivity index (χ0n) is 11.8. The molecule has 110 valence electrons. The van der Waals surface area contributed by atoms with Crippen molar-refractivity contribution in [3.63, 3.8) is 0 Å². The lowest BCUT2D eigenvalue weighted by molar-refractivity contribution is 0.808. The van der Waals surface area contributed by atoms with Gasteiger partial charge in [0.1, 0.15) is 5.82 Å². The number of fused-ring (bicyclic) bond motifs is 1. The summed E-state index contributed by atoms with van der Waals surface area (Å²) in [6.07, 6.45) is 2.75. The minimum absolute atomic E-state index is 0. The van der Waals surface area contributed by atoms with Crippen LogP contribution in [-0.2, 0) is 6.42 Å². The van der Waals surface area contributed by atoms with Gasteiger partial charge in [0.25, 0.3) is 0 Å². The molecule has 0 aliphatic rings. The highest BCUT2D eigenvalue weighted by Crippen LogP contribution is 2.03.